The Morgan fingerprint density at radius 1 is 1.47 bits per heavy atom. The van der Waals surface area contributed by atoms with Crippen molar-refractivity contribution in [3.05, 3.63) is 11.9 Å². The molecule has 0 radical (unpaired) electrons. The SMILES string of the molecule is CC1(C)CCCC1NC(=O)C1CCn2nncc2C1. The Morgan fingerprint density at radius 3 is 3.05 bits per heavy atom. The topological polar surface area (TPSA) is 59.8 Å². The van der Waals surface area contributed by atoms with E-state index < -0.39 is 0 Å². The molecule has 1 fully saturated rings. The van der Waals surface area contributed by atoms with Gasteiger partial charge < -0.3 is 5.32 Å². The van der Waals surface area contributed by atoms with Gasteiger partial charge in [0, 0.05) is 24.9 Å². The molecule has 1 saturated carbocycles. The molecule has 1 amide bonds. The van der Waals surface area contributed by atoms with Crippen molar-refractivity contribution in [3.63, 3.8) is 0 Å². The number of carbonyl (C=O) groups is 1. The third-order valence-corrected chi connectivity index (χ3v) is 4.79. The van der Waals surface area contributed by atoms with Crippen molar-refractivity contribution in [3.8, 4) is 0 Å². The molecular weight excluding hydrogens is 240 g/mol. The highest BCUT2D eigenvalue weighted by molar-refractivity contribution is 5.79. The minimum absolute atomic E-state index is 0.0856. The molecule has 3 rings (SSSR count). The quantitative estimate of drug-likeness (QED) is 0.879. The van der Waals surface area contributed by atoms with Crippen LogP contribution < -0.4 is 5.32 Å². The van der Waals surface area contributed by atoms with E-state index in [1.807, 2.05) is 4.68 Å². The van der Waals surface area contributed by atoms with Crippen molar-refractivity contribution in [1.29, 1.82) is 0 Å². The molecule has 2 heterocycles. The largest absolute Gasteiger partial charge is 0.353 e. The molecule has 19 heavy (non-hydrogen) atoms. The van der Waals surface area contributed by atoms with Crippen LogP contribution in [-0.2, 0) is 17.8 Å². The number of hydrogen-bond acceptors (Lipinski definition) is 3. The molecule has 0 bridgehead atoms. The highest BCUT2D eigenvalue weighted by Crippen LogP contribution is 2.37. The number of carbonyl (C=O) groups excluding carboxylic acids is 1. The third-order valence-electron chi connectivity index (χ3n) is 4.79. The molecule has 104 valence electrons. The number of hydrogen-bond donors (Lipinski definition) is 1. The zero-order chi connectivity index (χ0) is 13.5. The summed E-state index contributed by atoms with van der Waals surface area (Å²) in [5.74, 6) is 0.301. The Hall–Kier alpha value is -1.39. The van der Waals surface area contributed by atoms with Gasteiger partial charge in [0.15, 0.2) is 0 Å². The molecular formula is C14H22N4O. The average molecular weight is 262 g/mol. The standard InChI is InChI=1S/C14H22N4O/c1-14(2)6-3-4-12(14)16-13(19)10-5-7-18-11(8-10)9-15-17-18/h9-10,12H,3-8H2,1-2H3,(H,16,19). The molecule has 0 spiro atoms. The Bertz CT molecular complexity index is 480. The highest BCUT2D eigenvalue weighted by atomic mass is 16.2. The first kappa shape index (κ1) is 12.6. The lowest BCUT2D eigenvalue weighted by Crippen LogP contribution is -2.45. The molecule has 5 nitrogen and oxygen atoms in total. The lowest BCUT2D eigenvalue weighted by molar-refractivity contribution is -0.127. The predicted molar refractivity (Wildman–Crippen MR) is 71.4 cm³/mol. The van der Waals surface area contributed by atoms with E-state index in [4.69, 9.17) is 0 Å². The second-order valence-corrected chi connectivity index (χ2v) is 6.58. The molecule has 1 N–H and O–H groups in total. The first-order valence-corrected chi connectivity index (χ1v) is 7.24. The maximum absolute atomic E-state index is 12.4. The van der Waals surface area contributed by atoms with Gasteiger partial charge in [0.25, 0.3) is 0 Å². The maximum Gasteiger partial charge on any atom is 0.223 e. The smallest absolute Gasteiger partial charge is 0.223 e. The van der Waals surface area contributed by atoms with Gasteiger partial charge in [0.05, 0.1) is 11.9 Å². The zero-order valence-corrected chi connectivity index (χ0v) is 11.7. The second kappa shape index (κ2) is 4.62. The van der Waals surface area contributed by atoms with Gasteiger partial charge in [-0.15, -0.1) is 5.10 Å². The first-order chi connectivity index (χ1) is 9.06. The van der Waals surface area contributed by atoms with Gasteiger partial charge in [-0.2, -0.15) is 0 Å². The van der Waals surface area contributed by atoms with E-state index in [9.17, 15) is 4.79 Å². The molecule has 1 aromatic heterocycles. The predicted octanol–water partition coefficient (Wildman–Crippen LogP) is 1.54. The van der Waals surface area contributed by atoms with E-state index in [2.05, 4.69) is 29.5 Å². The molecule has 0 aromatic carbocycles. The number of aryl methyl sites for hydroxylation is 1. The Kier molecular flexibility index (Phi) is 3.07. The van der Waals surface area contributed by atoms with Crippen LogP contribution in [0.3, 0.4) is 0 Å². The lowest BCUT2D eigenvalue weighted by atomic mass is 9.86. The Balaban J connectivity index is 1.63. The molecule has 1 aliphatic heterocycles. The van der Waals surface area contributed by atoms with Gasteiger partial charge in [-0.05, 0) is 24.7 Å². The van der Waals surface area contributed by atoms with Gasteiger partial charge in [0.1, 0.15) is 0 Å². The van der Waals surface area contributed by atoms with Gasteiger partial charge >= 0.3 is 0 Å². The number of nitrogens with one attached hydrogen (secondary N) is 1. The van der Waals surface area contributed by atoms with E-state index in [1.54, 1.807) is 6.20 Å². The molecule has 0 saturated heterocycles. The number of nitrogens with zero attached hydrogens (tertiary/aromatic N) is 3. The fraction of sp³-hybridized carbons (Fsp3) is 0.786. The molecule has 2 atom stereocenters. The summed E-state index contributed by atoms with van der Waals surface area (Å²) in [5.41, 5.74) is 1.32. The van der Waals surface area contributed by atoms with Crippen LogP contribution in [0.1, 0.15) is 45.2 Å². The minimum atomic E-state index is 0.0856. The van der Waals surface area contributed by atoms with Crippen molar-refractivity contribution in [2.45, 2.75) is 58.5 Å². The summed E-state index contributed by atoms with van der Waals surface area (Å²) in [6.45, 7) is 5.32. The average Bonchev–Trinajstić information content (AvgIpc) is 2.95. The minimum Gasteiger partial charge on any atom is -0.353 e. The Labute approximate surface area is 113 Å². The highest BCUT2D eigenvalue weighted by Gasteiger charge is 2.37. The van der Waals surface area contributed by atoms with Crippen molar-refractivity contribution in [2.75, 3.05) is 0 Å². The molecule has 2 unspecified atom stereocenters. The maximum atomic E-state index is 12.4. The van der Waals surface area contributed by atoms with Gasteiger partial charge in [0.2, 0.25) is 5.91 Å². The molecule has 1 aliphatic carbocycles. The van der Waals surface area contributed by atoms with Crippen LogP contribution in [0, 0.1) is 11.3 Å². The summed E-state index contributed by atoms with van der Waals surface area (Å²) in [6, 6.07) is 0.338. The van der Waals surface area contributed by atoms with Crippen LogP contribution in [-0.4, -0.2) is 26.9 Å². The van der Waals surface area contributed by atoms with Crippen molar-refractivity contribution in [1.82, 2.24) is 20.3 Å². The fourth-order valence-electron chi connectivity index (χ4n) is 3.37. The number of rotatable bonds is 2. The van der Waals surface area contributed by atoms with Crippen LogP contribution in [0.5, 0.6) is 0 Å². The van der Waals surface area contributed by atoms with E-state index in [0.29, 0.717) is 6.04 Å². The zero-order valence-electron chi connectivity index (χ0n) is 11.7. The van der Waals surface area contributed by atoms with Gasteiger partial charge in [-0.1, -0.05) is 25.5 Å². The fourth-order valence-corrected chi connectivity index (χ4v) is 3.37. The number of aromatic nitrogens is 3. The summed E-state index contributed by atoms with van der Waals surface area (Å²) >= 11 is 0. The van der Waals surface area contributed by atoms with Crippen LogP contribution in [0.4, 0.5) is 0 Å². The number of amides is 1. The van der Waals surface area contributed by atoms with Crippen LogP contribution >= 0.6 is 0 Å². The van der Waals surface area contributed by atoms with Gasteiger partial charge in [-0.3, -0.25) is 4.79 Å². The van der Waals surface area contributed by atoms with E-state index >= 15 is 0 Å². The first-order valence-electron chi connectivity index (χ1n) is 7.24. The third kappa shape index (κ3) is 2.38. The monoisotopic (exact) mass is 262 g/mol. The van der Waals surface area contributed by atoms with Crippen LogP contribution in [0.2, 0.25) is 0 Å². The van der Waals surface area contributed by atoms with Crippen molar-refractivity contribution >= 4 is 5.91 Å². The molecule has 2 aliphatic rings. The lowest BCUT2D eigenvalue weighted by Gasteiger charge is -2.30. The van der Waals surface area contributed by atoms with E-state index in [-0.39, 0.29) is 17.2 Å². The normalized spacial score (nSPS) is 28.9. The molecule has 1 aromatic rings. The van der Waals surface area contributed by atoms with E-state index in [1.165, 1.54) is 12.8 Å². The molecule has 5 heteroatoms. The summed E-state index contributed by atoms with van der Waals surface area (Å²) in [4.78, 5) is 12.4. The second-order valence-electron chi connectivity index (χ2n) is 6.58. The van der Waals surface area contributed by atoms with Crippen LogP contribution in [0.15, 0.2) is 6.20 Å². The Morgan fingerprint density at radius 2 is 2.32 bits per heavy atom. The summed E-state index contributed by atoms with van der Waals surface area (Å²) in [6.07, 6.45) is 6.96. The van der Waals surface area contributed by atoms with Crippen molar-refractivity contribution < 1.29 is 4.79 Å². The summed E-state index contributed by atoms with van der Waals surface area (Å²) in [5, 5.41) is 11.2. The number of fused-ring (bicyclic) bond motifs is 1. The van der Waals surface area contributed by atoms with E-state index in [0.717, 1.165) is 31.5 Å². The van der Waals surface area contributed by atoms with Crippen molar-refractivity contribution in [2.24, 2.45) is 11.3 Å². The van der Waals surface area contributed by atoms with Crippen LogP contribution in [0.25, 0.3) is 0 Å². The summed E-state index contributed by atoms with van der Waals surface area (Å²) < 4.78 is 1.91. The van der Waals surface area contributed by atoms with Gasteiger partial charge in [-0.25, -0.2) is 4.68 Å². The summed E-state index contributed by atoms with van der Waals surface area (Å²) in [7, 11) is 0.